The lowest BCUT2D eigenvalue weighted by molar-refractivity contribution is -0.144. The van der Waals surface area contributed by atoms with Crippen LogP contribution in [0.25, 0.3) is 11.1 Å². The van der Waals surface area contributed by atoms with Crippen molar-refractivity contribution >= 4 is 30.2 Å². The largest absolute Gasteiger partial charge is 0.507 e. The number of carbonyl (C=O) groups is 5. The normalized spacial score (nSPS) is 16.4. The Morgan fingerprint density at radius 1 is 0.742 bits per heavy atom. The first kappa shape index (κ1) is 44.1. The van der Waals surface area contributed by atoms with Crippen LogP contribution in [-0.4, -0.2) is 72.1 Å². The minimum atomic E-state index is -1.71. The quantitative estimate of drug-likeness (QED) is 0.0541. The second kappa shape index (κ2) is 21.7. The van der Waals surface area contributed by atoms with Crippen LogP contribution in [0.1, 0.15) is 40.7 Å². The predicted octanol–water partition coefficient (Wildman–Crippen LogP) is 7.14. The van der Waals surface area contributed by atoms with Gasteiger partial charge in [0.1, 0.15) is 43.5 Å². The molecule has 0 unspecified atom stereocenters. The van der Waals surface area contributed by atoms with E-state index in [4.69, 9.17) is 18.9 Å². The number of amides is 4. The van der Waals surface area contributed by atoms with Crippen LogP contribution in [0, 0.1) is 5.82 Å². The maximum absolute atomic E-state index is 15.5. The van der Waals surface area contributed by atoms with Crippen molar-refractivity contribution in [1.29, 1.82) is 0 Å². The molecular weight excluding hydrogens is 800 g/mol. The summed E-state index contributed by atoms with van der Waals surface area (Å²) in [6.07, 6.45) is -5.28. The van der Waals surface area contributed by atoms with Crippen molar-refractivity contribution < 1.29 is 52.4 Å². The zero-order valence-electron chi connectivity index (χ0n) is 34.0. The number of likely N-dealkylation sites (N-methyl/N-ethyl adjacent to an activating group) is 1. The smallest absolute Gasteiger partial charge is 0.489 e. The van der Waals surface area contributed by atoms with Crippen LogP contribution in [0.4, 0.5) is 18.8 Å². The zero-order valence-corrected chi connectivity index (χ0v) is 34.0. The molecule has 4 bridgehead atoms. The van der Waals surface area contributed by atoms with Gasteiger partial charge >= 0.3 is 18.3 Å². The van der Waals surface area contributed by atoms with Gasteiger partial charge in [-0.1, -0.05) is 103 Å². The molecule has 14 nitrogen and oxygen atoms in total. The lowest BCUT2D eigenvalue weighted by Gasteiger charge is -2.31. The number of ether oxygens (including phenoxy) is 4. The van der Waals surface area contributed by atoms with E-state index in [-0.39, 0.29) is 57.6 Å². The fraction of sp³-hybridized carbons (Fsp3) is 0.255. The molecule has 5 aromatic carbocycles. The molecule has 15 heteroatoms. The number of rotatable bonds is 13. The standard InChI is InChI=1S/C47H47FN4O10/c1-52-42(62-47(57)58)27-36-24-34(19-21-38(36)48)35-20-22-41(59-28-31-12-5-2-6-13-31)37(25-35)26-40(51-46(56)61-30-33-16-9-4-10-17-33)43(53)50-39(44(52)54)18-11-23-49-45(55)60-29-32-14-7-3-8-15-32/h2-10,12-17,19-22,24-25,39-40,42H,11,18,23,26-30H2,1H3,(H,49,55)(H,50,53)(H,51,56)(H,57,58)/t39-,40-,42-/m0/s1. The van der Waals surface area contributed by atoms with Crippen LogP contribution in [0.5, 0.6) is 5.75 Å². The third-order valence-electron chi connectivity index (χ3n) is 10.1. The number of nitrogens with one attached hydrogen (secondary N) is 3. The molecule has 4 amide bonds. The number of benzene rings is 5. The van der Waals surface area contributed by atoms with Crippen molar-refractivity contribution in [2.75, 3.05) is 13.6 Å². The Kier molecular flexibility index (Phi) is 15.5. The summed E-state index contributed by atoms with van der Waals surface area (Å²) in [5.41, 5.74) is 4.07. The number of hydrogen-bond donors (Lipinski definition) is 4. The number of alkyl carbamates (subject to hydrolysis) is 2. The Bertz CT molecular complexity index is 2320. The van der Waals surface area contributed by atoms with Gasteiger partial charge in [-0.15, -0.1) is 0 Å². The molecule has 6 rings (SSSR count). The number of nitrogens with zero attached hydrogens (tertiary/aromatic N) is 1. The molecule has 0 saturated carbocycles. The molecule has 0 aromatic heterocycles. The molecule has 4 N–H and O–H groups in total. The van der Waals surface area contributed by atoms with Gasteiger partial charge in [0.05, 0.1) is 0 Å². The van der Waals surface area contributed by atoms with Gasteiger partial charge in [0.2, 0.25) is 11.8 Å². The van der Waals surface area contributed by atoms with E-state index >= 15 is 4.39 Å². The molecule has 62 heavy (non-hydrogen) atoms. The second-order valence-corrected chi connectivity index (χ2v) is 14.5. The molecule has 5 aromatic rings. The fourth-order valence-corrected chi connectivity index (χ4v) is 6.79. The monoisotopic (exact) mass is 846 g/mol. The number of carbonyl (C=O) groups excluding carboxylic acids is 4. The van der Waals surface area contributed by atoms with Crippen molar-refractivity contribution in [3.63, 3.8) is 0 Å². The Morgan fingerprint density at radius 2 is 1.31 bits per heavy atom. The maximum atomic E-state index is 15.5. The van der Waals surface area contributed by atoms with E-state index in [1.165, 1.54) is 19.2 Å². The molecule has 0 spiro atoms. The van der Waals surface area contributed by atoms with E-state index in [2.05, 4.69) is 16.0 Å². The van der Waals surface area contributed by atoms with Crippen LogP contribution in [0.15, 0.2) is 127 Å². The minimum absolute atomic E-state index is 0.0342. The average molecular weight is 847 g/mol. The third-order valence-corrected chi connectivity index (χ3v) is 10.1. The zero-order chi connectivity index (χ0) is 43.8. The van der Waals surface area contributed by atoms with E-state index in [0.29, 0.717) is 28.0 Å². The number of fused-ring (bicyclic) bond motifs is 5. The topological polar surface area (TPSA) is 182 Å². The molecule has 322 valence electrons. The van der Waals surface area contributed by atoms with E-state index in [1.54, 1.807) is 60.7 Å². The van der Waals surface area contributed by atoms with E-state index in [1.807, 2.05) is 54.6 Å². The Hall–Kier alpha value is -7.42. The van der Waals surface area contributed by atoms with Crippen LogP contribution in [0.3, 0.4) is 0 Å². The van der Waals surface area contributed by atoms with Crippen LogP contribution >= 0.6 is 0 Å². The van der Waals surface area contributed by atoms with Gasteiger partial charge < -0.3 is 44.9 Å². The Labute approximate surface area is 357 Å². The first-order valence-corrected chi connectivity index (χ1v) is 20.0. The van der Waals surface area contributed by atoms with Gasteiger partial charge in [-0.05, 0) is 76.1 Å². The van der Waals surface area contributed by atoms with Crippen molar-refractivity contribution in [2.24, 2.45) is 0 Å². The highest BCUT2D eigenvalue weighted by molar-refractivity contribution is 5.91. The van der Waals surface area contributed by atoms with E-state index < -0.39 is 54.3 Å². The first-order valence-electron chi connectivity index (χ1n) is 20.0. The van der Waals surface area contributed by atoms with Crippen LogP contribution in [0.2, 0.25) is 0 Å². The second-order valence-electron chi connectivity index (χ2n) is 14.5. The summed E-state index contributed by atoms with van der Waals surface area (Å²) < 4.78 is 37.7. The van der Waals surface area contributed by atoms with Crippen molar-refractivity contribution in [3.8, 4) is 16.9 Å². The SMILES string of the molecule is CN1C(=O)[C@H](CCCNC(=O)OCc2ccccc2)NC(=O)[C@@H](NC(=O)OCc2ccccc2)Cc2cc(ccc2OCc2ccccc2)-c2ccc(F)c(c2)C[C@@H]1OC(=O)O. The summed E-state index contributed by atoms with van der Waals surface area (Å²) in [6.45, 7) is 0.158. The van der Waals surface area contributed by atoms with Gasteiger partial charge in [-0.25, -0.2) is 18.8 Å². The van der Waals surface area contributed by atoms with E-state index in [9.17, 15) is 29.1 Å². The van der Waals surface area contributed by atoms with Gasteiger partial charge in [0.15, 0.2) is 6.23 Å². The lowest BCUT2D eigenvalue weighted by Crippen LogP contribution is -2.56. The first-order chi connectivity index (χ1) is 30.0. The molecule has 0 fully saturated rings. The van der Waals surface area contributed by atoms with Crippen LogP contribution in [-0.2, 0) is 56.5 Å². The molecule has 0 radical (unpaired) electrons. The van der Waals surface area contributed by atoms with Gasteiger partial charge in [-0.2, -0.15) is 0 Å². The highest BCUT2D eigenvalue weighted by atomic mass is 19.1. The van der Waals surface area contributed by atoms with Crippen molar-refractivity contribution in [3.05, 3.63) is 161 Å². The average Bonchev–Trinajstić information content (AvgIpc) is 3.28. The Morgan fingerprint density at radius 3 is 1.92 bits per heavy atom. The molecular formula is C47H47FN4O10. The van der Waals surface area contributed by atoms with Crippen LogP contribution < -0.4 is 20.7 Å². The predicted molar refractivity (Wildman–Crippen MR) is 225 cm³/mol. The number of carboxylic acid groups (broad SMARTS) is 1. The van der Waals surface area contributed by atoms with Crippen molar-refractivity contribution in [1.82, 2.24) is 20.9 Å². The molecule has 1 aliphatic heterocycles. The summed E-state index contributed by atoms with van der Waals surface area (Å²) in [7, 11) is 1.28. The number of halogens is 1. The van der Waals surface area contributed by atoms with Gasteiger partial charge in [0, 0.05) is 26.4 Å². The summed E-state index contributed by atoms with van der Waals surface area (Å²) in [5, 5.41) is 17.7. The van der Waals surface area contributed by atoms with Gasteiger partial charge in [-0.3, -0.25) is 9.59 Å². The molecule has 0 saturated heterocycles. The van der Waals surface area contributed by atoms with E-state index in [0.717, 1.165) is 16.0 Å². The molecule has 3 atom stereocenters. The highest BCUT2D eigenvalue weighted by Gasteiger charge is 2.34. The summed E-state index contributed by atoms with van der Waals surface area (Å²) >= 11 is 0. The number of hydrogen-bond acceptors (Lipinski definition) is 9. The lowest BCUT2D eigenvalue weighted by atomic mass is 9.96. The summed E-state index contributed by atoms with van der Waals surface area (Å²) in [4.78, 5) is 67.6. The maximum Gasteiger partial charge on any atom is 0.507 e. The molecule has 1 heterocycles. The molecule has 0 aliphatic carbocycles. The third kappa shape index (κ3) is 12.8. The van der Waals surface area contributed by atoms with Gasteiger partial charge in [0.25, 0.3) is 0 Å². The minimum Gasteiger partial charge on any atom is -0.489 e. The Balaban J connectivity index is 1.32. The fourth-order valence-electron chi connectivity index (χ4n) is 6.79. The molecule has 1 aliphatic rings. The summed E-state index contributed by atoms with van der Waals surface area (Å²) in [5.74, 6) is -1.82. The van der Waals surface area contributed by atoms with Crippen molar-refractivity contribution in [2.45, 2.75) is 63.8 Å². The summed E-state index contributed by atoms with van der Waals surface area (Å²) in [6, 6.07) is 34.3. The highest BCUT2D eigenvalue weighted by Crippen LogP contribution is 2.31.